The molecule has 30 heavy (non-hydrogen) atoms. The fourth-order valence-corrected chi connectivity index (χ4v) is 2.53. The van der Waals surface area contributed by atoms with Gasteiger partial charge in [0.05, 0.1) is 12.5 Å². The van der Waals surface area contributed by atoms with Gasteiger partial charge in [-0.05, 0) is 6.42 Å². The van der Waals surface area contributed by atoms with Crippen LogP contribution >= 0.6 is 25.3 Å². The average Bonchev–Trinajstić information content (AvgIpc) is 2.66. The summed E-state index contributed by atoms with van der Waals surface area (Å²) >= 11 is 7.73. The van der Waals surface area contributed by atoms with Crippen LogP contribution in [-0.4, -0.2) is 81.5 Å². The third-order valence-corrected chi connectivity index (χ3v) is 4.39. The van der Waals surface area contributed by atoms with Crippen molar-refractivity contribution in [2.75, 3.05) is 11.5 Å². The number of aliphatic carboxylic acids is 2. The number of carboxylic acid groups (broad SMARTS) is 2. The predicted octanol–water partition coefficient (Wildman–Crippen LogP) is -3.55. The molecule has 9 N–H and O–H groups in total. The van der Waals surface area contributed by atoms with Crippen molar-refractivity contribution in [3.63, 3.8) is 0 Å². The van der Waals surface area contributed by atoms with Crippen molar-refractivity contribution in [3.05, 3.63) is 0 Å². The van der Waals surface area contributed by atoms with Gasteiger partial charge in [-0.2, -0.15) is 25.3 Å². The van der Waals surface area contributed by atoms with Gasteiger partial charge < -0.3 is 37.6 Å². The molecule has 0 heterocycles. The molecule has 13 nitrogen and oxygen atoms in total. The molecule has 0 aliphatic carbocycles. The van der Waals surface area contributed by atoms with E-state index in [0.717, 1.165) is 0 Å². The topological polar surface area (TPSA) is 231 Å². The standard InChI is InChI=1S/C15H25N5O8S2/c16-6(1-2-11(22)23)12(24)18-7(3-10(17)21)13(25)19-8(4-29)14(26)20-9(5-30)15(27)28/h6-9,29-30H,1-5,16H2,(H2,17,21)(H,18,24)(H,19,25)(H,20,26)(H,22,23)(H,27,28). The number of nitrogens with two attached hydrogens (primary N) is 2. The molecular formula is C15H25N5O8S2. The van der Waals surface area contributed by atoms with Crippen molar-refractivity contribution < 1.29 is 39.0 Å². The fraction of sp³-hybridized carbons (Fsp3) is 0.600. The lowest BCUT2D eigenvalue weighted by Gasteiger charge is -2.23. The summed E-state index contributed by atoms with van der Waals surface area (Å²) in [4.78, 5) is 69.5. The van der Waals surface area contributed by atoms with Crippen LogP contribution in [0.25, 0.3) is 0 Å². The Kier molecular flexibility index (Phi) is 12.5. The lowest BCUT2D eigenvalue weighted by atomic mass is 10.1. The van der Waals surface area contributed by atoms with Crippen LogP contribution in [0.3, 0.4) is 0 Å². The number of nitrogens with one attached hydrogen (secondary N) is 3. The molecule has 0 spiro atoms. The van der Waals surface area contributed by atoms with Gasteiger partial charge in [-0.15, -0.1) is 0 Å². The summed E-state index contributed by atoms with van der Waals surface area (Å²) in [6.07, 6.45) is -1.23. The Bertz CT molecular complexity index is 677. The van der Waals surface area contributed by atoms with E-state index >= 15 is 0 Å². The fourth-order valence-electron chi connectivity index (χ4n) is 2.02. The first-order valence-electron chi connectivity index (χ1n) is 8.54. The predicted molar refractivity (Wildman–Crippen MR) is 110 cm³/mol. The highest BCUT2D eigenvalue weighted by atomic mass is 32.1. The molecular weight excluding hydrogens is 442 g/mol. The molecule has 15 heteroatoms. The molecule has 0 aromatic heterocycles. The number of hydrogen-bond donors (Lipinski definition) is 9. The lowest BCUT2D eigenvalue weighted by molar-refractivity contribution is -0.141. The maximum atomic E-state index is 12.5. The highest BCUT2D eigenvalue weighted by molar-refractivity contribution is 7.80. The van der Waals surface area contributed by atoms with Crippen LogP contribution in [0.15, 0.2) is 0 Å². The molecule has 0 aliphatic heterocycles. The van der Waals surface area contributed by atoms with Crippen molar-refractivity contribution >= 4 is 60.8 Å². The maximum absolute atomic E-state index is 12.5. The second kappa shape index (κ2) is 13.7. The molecule has 0 radical (unpaired) electrons. The van der Waals surface area contributed by atoms with Crippen molar-refractivity contribution in [2.24, 2.45) is 11.5 Å². The van der Waals surface area contributed by atoms with E-state index in [4.69, 9.17) is 21.7 Å². The minimum atomic E-state index is -1.50. The van der Waals surface area contributed by atoms with E-state index in [0.29, 0.717) is 0 Å². The van der Waals surface area contributed by atoms with Gasteiger partial charge in [-0.1, -0.05) is 0 Å². The summed E-state index contributed by atoms with van der Waals surface area (Å²) in [5.74, 6) is -6.63. The van der Waals surface area contributed by atoms with Crippen LogP contribution in [0.1, 0.15) is 19.3 Å². The molecule has 4 unspecified atom stereocenters. The summed E-state index contributed by atoms with van der Waals surface area (Å²) in [5, 5.41) is 24.1. The molecule has 0 saturated carbocycles. The minimum Gasteiger partial charge on any atom is -0.481 e. The van der Waals surface area contributed by atoms with Crippen molar-refractivity contribution in [2.45, 2.75) is 43.4 Å². The molecule has 0 rings (SSSR count). The first kappa shape index (κ1) is 27.5. The molecule has 0 saturated heterocycles. The number of hydrogen-bond acceptors (Lipinski definition) is 9. The van der Waals surface area contributed by atoms with E-state index in [2.05, 4.69) is 41.2 Å². The highest BCUT2D eigenvalue weighted by Gasteiger charge is 2.30. The van der Waals surface area contributed by atoms with E-state index in [1.165, 1.54) is 0 Å². The largest absolute Gasteiger partial charge is 0.481 e. The molecule has 0 aromatic rings. The zero-order valence-electron chi connectivity index (χ0n) is 15.7. The van der Waals surface area contributed by atoms with Gasteiger partial charge in [0.2, 0.25) is 23.6 Å². The number of thiol groups is 2. The molecule has 170 valence electrons. The molecule has 0 fully saturated rings. The van der Waals surface area contributed by atoms with E-state index < -0.39 is 66.2 Å². The Morgan fingerprint density at radius 3 is 1.70 bits per heavy atom. The second-order valence-electron chi connectivity index (χ2n) is 6.10. The van der Waals surface area contributed by atoms with Gasteiger partial charge in [0, 0.05) is 17.9 Å². The van der Waals surface area contributed by atoms with Crippen LogP contribution in [0.2, 0.25) is 0 Å². The zero-order chi connectivity index (χ0) is 23.4. The van der Waals surface area contributed by atoms with Crippen LogP contribution in [-0.2, 0) is 28.8 Å². The number of rotatable bonds is 14. The van der Waals surface area contributed by atoms with E-state index in [1.807, 2.05) is 0 Å². The van der Waals surface area contributed by atoms with Crippen molar-refractivity contribution in [1.29, 1.82) is 0 Å². The summed E-state index contributed by atoms with van der Waals surface area (Å²) in [5.41, 5.74) is 10.6. The highest BCUT2D eigenvalue weighted by Crippen LogP contribution is 2.01. The van der Waals surface area contributed by atoms with E-state index in [9.17, 15) is 28.8 Å². The van der Waals surface area contributed by atoms with Gasteiger partial charge >= 0.3 is 11.9 Å². The van der Waals surface area contributed by atoms with Crippen LogP contribution < -0.4 is 27.4 Å². The zero-order valence-corrected chi connectivity index (χ0v) is 17.5. The van der Waals surface area contributed by atoms with Gasteiger partial charge in [-0.25, -0.2) is 4.79 Å². The summed E-state index contributed by atoms with van der Waals surface area (Å²) in [7, 11) is 0. The second-order valence-corrected chi connectivity index (χ2v) is 6.83. The average molecular weight is 468 g/mol. The molecule has 0 bridgehead atoms. The Balaban J connectivity index is 5.16. The van der Waals surface area contributed by atoms with Gasteiger partial charge in [-0.3, -0.25) is 24.0 Å². The van der Waals surface area contributed by atoms with E-state index in [-0.39, 0.29) is 24.3 Å². The molecule has 4 amide bonds. The first-order valence-corrected chi connectivity index (χ1v) is 9.80. The number of amides is 4. The number of carbonyl (C=O) groups is 6. The molecule has 0 aliphatic rings. The van der Waals surface area contributed by atoms with Gasteiger partial charge in [0.25, 0.3) is 0 Å². The van der Waals surface area contributed by atoms with Crippen molar-refractivity contribution in [3.8, 4) is 0 Å². The number of carbonyl (C=O) groups excluding carboxylic acids is 4. The first-order chi connectivity index (χ1) is 13.9. The van der Waals surface area contributed by atoms with Gasteiger partial charge in [0.1, 0.15) is 18.1 Å². The SMILES string of the molecule is NC(=O)CC(NC(=O)C(N)CCC(=O)O)C(=O)NC(CS)C(=O)NC(CS)C(=O)O. The smallest absolute Gasteiger partial charge is 0.327 e. The summed E-state index contributed by atoms with van der Waals surface area (Å²) in [6, 6.07) is -5.37. The number of primary amides is 1. The third kappa shape index (κ3) is 10.3. The molecule has 0 aromatic carbocycles. The summed E-state index contributed by atoms with van der Waals surface area (Å²) < 4.78 is 0. The normalized spacial score (nSPS) is 14.5. The lowest BCUT2D eigenvalue weighted by Crippen LogP contribution is -2.58. The minimum absolute atomic E-state index is 0.205. The Hall–Kier alpha value is -2.52. The molecule has 4 atom stereocenters. The Morgan fingerprint density at radius 1 is 0.800 bits per heavy atom. The van der Waals surface area contributed by atoms with Crippen LogP contribution in [0, 0.1) is 0 Å². The van der Waals surface area contributed by atoms with Crippen molar-refractivity contribution in [1.82, 2.24) is 16.0 Å². The monoisotopic (exact) mass is 467 g/mol. The maximum Gasteiger partial charge on any atom is 0.327 e. The third-order valence-electron chi connectivity index (χ3n) is 3.66. The van der Waals surface area contributed by atoms with Gasteiger partial charge in [0.15, 0.2) is 0 Å². The Labute approximate surface area is 182 Å². The summed E-state index contributed by atoms with van der Waals surface area (Å²) in [6.45, 7) is 0. The van der Waals surface area contributed by atoms with Crippen LogP contribution in [0.4, 0.5) is 0 Å². The quantitative estimate of drug-likeness (QED) is 0.115. The van der Waals surface area contributed by atoms with E-state index in [1.54, 1.807) is 0 Å². The Morgan fingerprint density at radius 2 is 1.27 bits per heavy atom. The van der Waals surface area contributed by atoms with Crippen LogP contribution in [0.5, 0.6) is 0 Å². The number of carboxylic acids is 2.